The Morgan fingerprint density at radius 3 is 2.53 bits per heavy atom. The second-order valence-corrected chi connectivity index (χ2v) is 8.53. The van der Waals surface area contributed by atoms with Crippen LogP contribution >= 0.6 is 0 Å². The van der Waals surface area contributed by atoms with Crippen LogP contribution in [-0.2, 0) is 4.79 Å². The predicted octanol–water partition coefficient (Wildman–Crippen LogP) is 7.60. The maximum absolute atomic E-state index is 13.8. The number of hydrogen-bond acceptors (Lipinski definition) is 3. The molecule has 0 saturated carbocycles. The van der Waals surface area contributed by atoms with Gasteiger partial charge in [0.25, 0.3) is 0 Å². The van der Waals surface area contributed by atoms with E-state index in [1.165, 1.54) is 17.7 Å². The Labute approximate surface area is 199 Å². The van der Waals surface area contributed by atoms with Crippen molar-refractivity contribution in [2.45, 2.75) is 34.6 Å². The molecular formula is C29H28FNO3. The van der Waals surface area contributed by atoms with Gasteiger partial charge < -0.3 is 14.5 Å². The van der Waals surface area contributed by atoms with Crippen molar-refractivity contribution in [3.63, 3.8) is 0 Å². The van der Waals surface area contributed by atoms with Crippen molar-refractivity contribution in [2.75, 3.05) is 11.9 Å². The largest absolute Gasteiger partial charge is 0.493 e. The van der Waals surface area contributed by atoms with Crippen LogP contribution < -0.4 is 10.1 Å². The van der Waals surface area contributed by atoms with E-state index < -0.39 is 0 Å². The number of carbonyl (C=O) groups is 1. The Morgan fingerprint density at radius 1 is 1.03 bits per heavy atom. The van der Waals surface area contributed by atoms with Crippen LogP contribution in [0.5, 0.6) is 5.75 Å². The summed E-state index contributed by atoms with van der Waals surface area (Å²) in [5, 5.41) is 3.67. The zero-order valence-corrected chi connectivity index (χ0v) is 20.1. The van der Waals surface area contributed by atoms with Gasteiger partial charge in [0.05, 0.1) is 12.9 Å². The van der Waals surface area contributed by atoms with Crippen molar-refractivity contribution < 1.29 is 18.3 Å². The molecule has 0 radical (unpaired) electrons. The Kier molecular flexibility index (Phi) is 6.55. The van der Waals surface area contributed by atoms with Crippen LogP contribution in [-0.4, -0.2) is 12.5 Å². The number of rotatable bonds is 6. The lowest BCUT2D eigenvalue weighted by atomic mass is 9.96. The average molecular weight is 458 g/mol. The first-order valence-corrected chi connectivity index (χ1v) is 11.3. The van der Waals surface area contributed by atoms with Crippen molar-refractivity contribution in [2.24, 2.45) is 0 Å². The van der Waals surface area contributed by atoms with Gasteiger partial charge in [0.2, 0.25) is 5.91 Å². The highest BCUT2D eigenvalue weighted by Crippen LogP contribution is 2.38. The number of halogens is 1. The van der Waals surface area contributed by atoms with Gasteiger partial charge in [0, 0.05) is 34.3 Å². The average Bonchev–Trinajstić information content (AvgIpc) is 3.18. The molecule has 0 unspecified atom stereocenters. The van der Waals surface area contributed by atoms with E-state index in [1.807, 2.05) is 26.0 Å². The van der Waals surface area contributed by atoms with Gasteiger partial charge in [-0.1, -0.05) is 29.8 Å². The normalized spacial score (nSPS) is 11.6. The van der Waals surface area contributed by atoms with Crippen LogP contribution in [0.1, 0.15) is 36.1 Å². The van der Waals surface area contributed by atoms with E-state index in [1.54, 1.807) is 25.3 Å². The zero-order chi connectivity index (χ0) is 24.4. The molecule has 1 aromatic heterocycles. The van der Waals surface area contributed by atoms with E-state index in [2.05, 4.69) is 37.4 Å². The lowest BCUT2D eigenvalue weighted by Crippen LogP contribution is -2.09. The molecule has 1 amide bonds. The fraction of sp³-hybridized carbons (Fsp3) is 0.207. The first-order chi connectivity index (χ1) is 16.3. The van der Waals surface area contributed by atoms with Crippen molar-refractivity contribution in [1.82, 2.24) is 0 Å². The van der Waals surface area contributed by atoms with Crippen LogP contribution in [0.2, 0.25) is 0 Å². The molecule has 0 saturated heterocycles. The molecule has 0 spiro atoms. The van der Waals surface area contributed by atoms with Crippen LogP contribution in [0.25, 0.3) is 27.7 Å². The van der Waals surface area contributed by atoms with Gasteiger partial charge in [0.1, 0.15) is 17.1 Å². The van der Waals surface area contributed by atoms with Crippen LogP contribution in [0, 0.1) is 26.6 Å². The standard InChI is InChI=1S/C29H28FNO3/c1-6-33-27-15-28-24(25(16-34-28)22-10-7-17(2)11-19(22)4)14-23(27)20(5)12-29(32)31-21-9-8-18(3)26(30)13-21/h7-16H,6H2,1-5H3,(H,31,32)/b20-12+. The fourth-order valence-electron chi connectivity index (χ4n) is 4.09. The van der Waals surface area contributed by atoms with Gasteiger partial charge in [-0.3, -0.25) is 4.79 Å². The lowest BCUT2D eigenvalue weighted by molar-refractivity contribution is -0.111. The maximum Gasteiger partial charge on any atom is 0.248 e. The molecule has 1 N–H and O–H groups in total. The van der Waals surface area contributed by atoms with Crippen molar-refractivity contribution in [3.05, 3.63) is 88.9 Å². The first-order valence-electron chi connectivity index (χ1n) is 11.3. The molecule has 0 aliphatic rings. The molecule has 3 aromatic carbocycles. The molecule has 0 fully saturated rings. The number of aryl methyl sites for hydroxylation is 3. The molecule has 0 aliphatic carbocycles. The van der Waals surface area contributed by atoms with Gasteiger partial charge in [-0.25, -0.2) is 4.39 Å². The maximum atomic E-state index is 13.8. The summed E-state index contributed by atoms with van der Waals surface area (Å²) in [5.41, 5.74) is 7.62. The number of allylic oxidation sites excluding steroid dienone is 1. The van der Waals surface area contributed by atoms with E-state index in [0.717, 1.165) is 38.8 Å². The molecule has 4 aromatic rings. The highest BCUT2D eigenvalue weighted by Gasteiger charge is 2.16. The molecule has 0 aliphatic heterocycles. The van der Waals surface area contributed by atoms with E-state index in [4.69, 9.17) is 9.15 Å². The van der Waals surface area contributed by atoms with Crippen LogP contribution in [0.4, 0.5) is 10.1 Å². The molecule has 1 heterocycles. The summed E-state index contributed by atoms with van der Waals surface area (Å²) in [6.45, 7) is 10.1. The Morgan fingerprint density at radius 2 is 1.82 bits per heavy atom. The van der Waals surface area contributed by atoms with E-state index in [-0.39, 0.29) is 11.7 Å². The summed E-state index contributed by atoms with van der Waals surface area (Å²) in [4.78, 5) is 12.7. The van der Waals surface area contributed by atoms with E-state index in [0.29, 0.717) is 23.6 Å². The van der Waals surface area contributed by atoms with Gasteiger partial charge >= 0.3 is 0 Å². The highest BCUT2D eigenvalue weighted by atomic mass is 19.1. The molecule has 0 bridgehead atoms. The minimum absolute atomic E-state index is 0.343. The van der Waals surface area contributed by atoms with E-state index in [9.17, 15) is 9.18 Å². The summed E-state index contributed by atoms with van der Waals surface area (Å²) in [6.07, 6.45) is 3.26. The van der Waals surface area contributed by atoms with Crippen molar-refractivity contribution in [3.8, 4) is 16.9 Å². The topological polar surface area (TPSA) is 51.5 Å². The Hall–Kier alpha value is -3.86. The summed E-state index contributed by atoms with van der Waals surface area (Å²) in [5.74, 6) is -0.0639. The molecule has 4 nitrogen and oxygen atoms in total. The Bertz CT molecular complexity index is 1410. The zero-order valence-electron chi connectivity index (χ0n) is 20.1. The third-order valence-electron chi connectivity index (χ3n) is 5.86. The highest BCUT2D eigenvalue weighted by molar-refractivity contribution is 6.05. The lowest BCUT2D eigenvalue weighted by Gasteiger charge is -2.12. The number of nitrogens with one attached hydrogen (secondary N) is 1. The van der Waals surface area contributed by atoms with Gasteiger partial charge in [-0.05, 0) is 75.1 Å². The van der Waals surface area contributed by atoms with Crippen LogP contribution in [0.3, 0.4) is 0 Å². The number of fused-ring (bicyclic) bond motifs is 1. The summed E-state index contributed by atoms with van der Waals surface area (Å²) in [7, 11) is 0. The first kappa shape index (κ1) is 23.3. The number of hydrogen-bond donors (Lipinski definition) is 1. The van der Waals surface area contributed by atoms with Gasteiger partial charge in [0.15, 0.2) is 0 Å². The fourth-order valence-corrected chi connectivity index (χ4v) is 4.09. The van der Waals surface area contributed by atoms with Crippen molar-refractivity contribution >= 4 is 28.1 Å². The van der Waals surface area contributed by atoms with Crippen molar-refractivity contribution in [1.29, 1.82) is 0 Å². The Balaban J connectivity index is 1.74. The molecule has 4 rings (SSSR count). The molecule has 0 atom stereocenters. The molecule has 5 heteroatoms. The summed E-state index contributed by atoms with van der Waals surface area (Å²) in [6, 6.07) is 14.8. The van der Waals surface area contributed by atoms with E-state index >= 15 is 0 Å². The minimum atomic E-state index is -0.360. The monoisotopic (exact) mass is 457 g/mol. The second-order valence-electron chi connectivity index (χ2n) is 8.53. The molecular weight excluding hydrogens is 429 g/mol. The quantitative estimate of drug-likeness (QED) is 0.303. The predicted molar refractivity (Wildman–Crippen MR) is 136 cm³/mol. The number of furan rings is 1. The summed E-state index contributed by atoms with van der Waals surface area (Å²) >= 11 is 0. The number of ether oxygens (including phenoxy) is 1. The number of anilines is 1. The third kappa shape index (κ3) is 4.74. The van der Waals surface area contributed by atoms with Crippen LogP contribution in [0.15, 0.2) is 65.3 Å². The number of carbonyl (C=O) groups excluding carboxylic acids is 1. The second kappa shape index (κ2) is 9.56. The smallest absolute Gasteiger partial charge is 0.248 e. The van der Waals surface area contributed by atoms with Gasteiger partial charge in [-0.2, -0.15) is 0 Å². The number of amides is 1. The SMILES string of the molecule is CCOc1cc2occ(-c3ccc(C)cc3C)c2cc1/C(C)=C/C(=O)Nc1ccc(C)c(F)c1. The van der Waals surface area contributed by atoms with Gasteiger partial charge in [-0.15, -0.1) is 0 Å². The summed E-state index contributed by atoms with van der Waals surface area (Å²) < 4.78 is 25.6. The molecule has 174 valence electrons. The molecule has 34 heavy (non-hydrogen) atoms. The minimum Gasteiger partial charge on any atom is -0.493 e. The third-order valence-corrected chi connectivity index (χ3v) is 5.86. The number of benzene rings is 3.